The van der Waals surface area contributed by atoms with Crippen LogP contribution in [0.4, 0.5) is 0 Å². The van der Waals surface area contributed by atoms with Crippen molar-refractivity contribution in [3.8, 4) is 0 Å². The summed E-state index contributed by atoms with van der Waals surface area (Å²) in [6.45, 7) is 3.00. The van der Waals surface area contributed by atoms with Gasteiger partial charge >= 0.3 is 0 Å². The van der Waals surface area contributed by atoms with Crippen LogP contribution in [0.5, 0.6) is 0 Å². The maximum absolute atomic E-state index is 12.3. The molecule has 0 aromatic carbocycles. The van der Waals surface area contributed by atoms with Gasteiger partial charge in [-0.3, -0.25) is 9.59 Å². The summed E-state index contributed by atoms with van der Waals surface area (Å²) in [6, 6.07) is 3.57. The highest BCUT2D eigenvalue weighted by Crippen LogP contribution is 2.31. The van der Waals surface area contributed by atoms with Crippen molar-refractivity contribution in [2.24, 2.45) is 0 Å². The van der Waals surface area contributed by atoms with Crippen molar-refractivity contribution >= 4 is 11.8 Å². The molecule has 1 fully saturated rings. The molecule has 1 aromatic rings. The van der Waals surface area contributed by atoms with Crippen molar-refractivity contribution in [2.45, 2.75) is 31.8 Å². The molecule has 110 valence electrons. The Hall–Kier alpha value is -1.82. The topological polar surface area (TPSA) is 71.8 Å². The summed E-state index contributed by atoms with van der Waals surface area (Å²) in [4.78, 5) is 26.0. The smallest absolute Gasteiger partial charge is 0.245 e. The van der Waals surface area contributed by atoms with Gasteiger partial charge in [-0.2, -0.15) is 0 Å². The Labute approximate surface area is 118 Å². The monoisotopic (exact) mass is 280 g/mol. The number of furan rings is 1. The van der Waals surface area contributed by atoms with Gasteiger partial charge in [0.25, 0.3) is 0 Å². The van der Waals surface area contributed by atoms with Gasteiger partial charge < -0.3 is 19.4 Å². The third-order valence-electron chi connectivity index (χ3n) is 3.70. The molecule has 2 rings (SSSR count). The first-order valence-corrected chi connectivity index (χ1v) is 6.68. The molecule has 6 nitrogen and oxygen atoms in total. The lowest BCUT2D eigenvalue weighted by Gasteiger charge is -2.33. The van der Waals surface area contributed by atoms with Crippen molar-refractivity contribution in [3.05, 3.63) is 24.2 Å². The molecule has 0 spiro atoms. The predicted molar refractivity (Wildman–Crippen MR) is 71.8 cm³/mol. The summed E-state index contributed by atoms with van der Waals surface area (Å²) in [5.74, 6) is 0.508. The van der Waals surface area contributed by atoms with E-state index < -0.39 is 5.54 Å². The molecular formula is C14H20N2O4. The van der Waals surface area contributed by atoms with Crippen molar-refractivity contribution in [2.75, 3.05) is 20.3 Å². The second-order valence-electron chi connectivity index (χ2n) is 5.08. The molecule has 2 heterocycles. The molecule has 0 radical (unpaired) electrons. The summed E-state index contributed by atoms with van der Waals surface area (Å²) in [5, 5.41) is 2.81. The van der Waals surface area contributed by atoms with Gasteiger partial charge in [-0.05, 0) is 25.5 Å². The maximum Gasteiger partial charge on any atom is 0.245 e. The van der Waals surface area contributed by atoms with Crippen LogP contribution in [-0.4, -0.2) is 42.5 Å². The van der Waals surface area contributed by atoms with Crippen LogP contribution in [0, 0.1) is 0 Å². The molecule has 20 heavy (non-hydrogen) atoms. The minimum absolute atomic E-state index is 0.0224. The van der Waals surface area contributed by atoms with Crippen LogP contribution in [-0.2, 0) is 20.9 Å². The fourth-order valence-electron chi connectivity index (χ4n) is 2.41. The largest absolute Gasteiger partial charge is 0.467 e. The van der Waals surface area contributed by atoms with Crippen LogP contribution in [0.2, 0.25) is 0 Å². The van der Waals surface area contributed by atoms with E-state index in [0.717, 1.165) is 0 Å². The zero-order valence-corrected chi connectivity index (χ0v) is 11.8. The normalized spacial score (nSPS) is 22.3. The first-order valence-electron chi connectivity index (χ1n) is 6.68. The van der Waals surface area contributed by atoms with Gasteiger partial charge in [0.2, 0.25) is 11.8 Å². The van der Waals surface area contributed by atoms with Gasteiger partial charge in [-0.25, -0.2) is 0 Å². The average Bonchev–Trinajstić information content (AvgIpc) is 3.03. The van der Waals surface area contributed by atoms with E-state index in [-0.39, 0.29) is 11.8 Å². The summed E-state index contributed by atoms with van der Waals surface area (Å²) < 4.78 is 10.2. The number of carbonyl (C=O) groups excluding carboxylic acids is 2. The van der Waals surface area contributed by atoms with Gasteiger partial charge in [-0.1, -0.05) is 0 Å². The zero-order valence-electron chi connectivity index (χ0n) is 11.8. The zero-order chi connectivity index (χ0) is 14.6. The lowest BCUT2D eigenvalue weighted by Crippen LogP contribution is -2.54. The van der Waals surface area contributed by atoms with Crippen molar-refractivity contribution in [1.29, 1.82) is 0 Å². The van der Waals surface area contributed by atoms with Crippen molar-refractivity contribution in [1.82, 2.24) is 10.2 Å². The van der Waals surface area contributed by atoms with E-state index in [9.17, 15) is 9.59 Å². The van der Waals surface area contributed by atoms with Gasteiger partial charge in [0, 0.05) is 20.1 Å². The number of amides is 2. The number of methoxy groups -OCH3 is 1. The SMILES string of the molecule is COCCNC(=O)[C@]1(C)CCC(=O)N1Cc1ccco1. The molecule has 0 saturated carbocycles. The number of carbonyl (C=O) groups is 2. The first kappa shape index (κ1) is 14.6. The average molecular weight is 280 g/mol. The van der Waals surface area contributed by atoms with E-state index >= 15 is 0 Å². The van der Waals surface area contributed by atoms with Crippen LogP contribution in [0.3, 0.4) is 0 Å². The number of hydrogen-bond donors (Lipinski definition) is 1. The first-order chi connectivity index (χ1) is 9.58. The van der Waals surface area contributed by atoms with E-state index in [0.29, 0.717) is 38.3 Å². The number of nitrogens with zero attached hydrogens (tertiary/aromatic N) is 1. The molecule has 0 bridgehead atoms. The minimum Gasteiger partial charge on any atom is -0.467 e. The fourth-order valence-corrected chi connectivity index (χ4v) is 2.41. The predicted octanol–water partition coefficient (Wildman–Crippen LogP) is 0.923. The molecule has 0 unspecified atom stereocenters. The number of likely N-dealkylation sites (tertiary alicyclic amines) is 1. The Morgan fingerprint density at radius 2 is 2.40 bits per heavy atom. The van der Waals surface area contributed by atoms with Crippen LogP contribution in [0.25, 0.3) is 0 Å². The summed E-state index contributed by atoms with van der Waals surface area (Å²) in [6.07, 6.45) is 2.46. The van der Waals surface area contributed by atoms with Gasteiger partial charge in [0.1, 0.15) is 11.3 Å². The highest BCUT2D eigenvalue weighted by Gasteiger charge is 2.47. The molecule has 1 aliphatic heterocycles. The van der Waals surface area contributed by atoms with Crippen molar-refractivity contribution in [3.63, 3.8) is 0 Å². The minimum atomic E-state index is -0.822. The highest BCUT2D eigenvalue weighted by molar-refractivity contribution is 5.94. The number of hydrogen-bond acceptors (Lipinski definition) is 4. The molecule has 1 aromatic heterocycles. The van der Waals surface area contributed by atoms with Gasteiger partial charge in [0.15, 0.2) is 0 Å². The van der Waals surface area contributed by atoms with E-state index in [1.807, 2.05) is 0 Å². The molecule has 0 aliphatic carbocycles. The quantitative estimate of drug-likeness (QED) is 0.787. The van der Waals surface area contributed by atoms with Crippen LogP contribution in [0.1, 0.15) is 25.5 Å². The second kappa shape index (κ2) is 6.09. The number of ether oxygens (including phenoxy) is 1. The highest BCUT2D eigenvalue weighted by atomic mass is 16.5. The Balaban J connectivity index is 2.07. The maximum atomic E-state index is 12.3. The summed E-state index contributed by atoms with van der Waals surface area (Å²) >= 11 is 0. The molecule has 1 saturated heterocycles. The Morgan fingerprint density at radius 3 is 3.05 bits per heavy atom. The Morgan fingerprint density at radius 1 is 1.60 bits per heavy atom. The fraction of sp³-hybridized carbons (Fsp3) is 0.571. The molecule has 6 heteroatoms. The molecular weight excluding hydrogens is 260 g/mol. The third kappa shape index (κ3) is 2.85. The summed E-state index contributed by atoms with van der Waals surface area (Å²) in [5.41, 5.74) is -0.822. The Bertz CT molecular complexity index is 472. The molecule has 1 N–H and O–H groups in total. The number of rotatable bonds is 6. The second-order valence-corrected chi connectivity index (χ2v) is 5.08. The lowest BCUT2D eigenvalue weighted by molar-refractivity contribution is -0.141. The lowest BCUT2D eigenvalue weighted by atomic mass is 9.97. The Kier molecular flexibility index (Phi) is 4.44. The molecule has 1 atom stereocenters. The van der Waals surface area contributed by atoms with Crippen LogP contribution < -0.4 is 5.32 Å². The van der Waals surface area contributed by atoms with Crippen molar-refractivity contribution < 1.29 is 18.7 Å². The van der Waals surface area contributed by atoms with E-state index in [2.05, 4.69) is 5.32 Å². The van der Waals surface area contributed by atoms with E-state index in [4.69, 9.17) is 9.15 Å². The van der Waals surface area contributed by atoms with Gasteiger partial charge in [0.05, 0.1) is 19.4 Å². The van der Waals surface area contributed by atoms with Gasteiger partial charge in [-0.15, -0.1) is 0 Å². The van der Waals surface area contributed by atoms with E-state index in [1.54, 1.807) is 37.3 Å². The third-order valence-corrected chi connectivity index (χ3v) is 3.70. The molecule has 2 amide bonds. The standard InChI is InChI=1S/C14H20N2O4/c1-14(13(18)15-7-9-19-2)6-5-12(17)16(14)10-11-4-3-8-20-11/h3-4,8H,5-7,9-10H2,1-2H3,(H,15,18)/t14-/m0/s1. The van der Waals surface area contributed by atoms with Crippen LogP contribution in [0.15, 0.2) is 22.8 Å². The molecule has 1 aliphatic rings. The van der Waals surface area contributed by atoms with E-state index in [1.165, 1.54) is 0 Å². The number of nitrogens with one attached hydrogen (secondary N) is 1. The van der Waals surface area contributed by atoms with Crippen LogP contribution >= 0.6 is 0 Å². The summed E-state index contributed by atoms with van der Waals surface area (Å²) in [7, 11) is 1.58.